The molecule has 0 bridgehead atoms. The molecule has 2 heterocycles. The van der Waals surface area contributed by atoms with Crippen LogP contribution in [-0.2, 0) is 29.5 Å². The Labute approximate surface area is 155 Å². The Balaban J connectivity index is 1.60. The van der Waals surface area contributed by atoms with Crippen LogP contribution in [0.1, 0.15) is 22.5 Å². The van der Waals surface area contributed by atoms with Gasteiger partial charge in [-0.15, -0.1) is 0 Å². The van der Waals surface area contributed by atoms with Gasteiger partial charge < -0.3 is 14.5 Å². The number of amides is 1. The molecule has 0 saturated carbocycles. The van der Waals surface area contributed by atoms with E-state index in [0.717, 1.165) is 48.8 Å². The van der Waals surface area contributed by atoms with Gasteiger partial charge in [-0.05, 0) is 31.5 Å². The Hall–Kier alpha value is -2.34. The van der Waals surface area contributed by atoms with Gasteiger partial charge in [0, 0.05) is 50.7 Å². The molecule has 1 aromatic heterocycles. The first-order chi connectivity index (χ1) is 12.5. The van der Waals surface area contributed by atoms with Crippen LogP contribution in [-0.4, -0.2) is 53.9 Å². The van der Waals surface area contributed by atoms with E-state index in [9.17, 15) is 4.79 Å². The number of hydrogen-bond acceptors (Lipinski definition) is 4. The van der Waals surface area contributed by atoms with Crippen molar-refractivity contribution in [3.63, 3.8) is 0 Å². The Morgan fingerprint density at radius 2 is 1.85 bits per heavy atom. The molecule has 0 radical (unpaired) electrons. The van der Waals surface area contributed by atoms with E-state index < -0.39 is 0 Å². The Kier molecular flexibility index (Phi) is 5.61. The number of morpholine rings is 1. The molecule has 1 saturated heterocycles. The summed E-state index contributed by atoms with van der Waals surface area (Å²) in [6.07, 6.45) is 0.397. The Bertz CT molecular complexity index is 761. The maximum absolute atomic E-state index is 12.6. The molecule has 0 atom stereocenters. The topological polar surface area (TPSA) is 50.6 Å². The van der Waals surface area contributed by atoms with Crippen LogP contribution >= 0.6 is 0 Å². The van der Waals surface area contributed by atoms with Crippen molar-refractivity contribution in [1.29, 1.82) is 0 Å². The molecule has 6 heteroatoms. The maximum Gasteiger partial charge on any atom is 0.227 e. The summed E-state index contributed by atoms with van der Waals surface area (Å²) in [4.78, 5) is 16.7. The van der Waals surface area contributed by atoms with E-state index >= 15 is 0 Å². The predicted octanol–water partition coefficient (Wildman–Crippen LogP) is 2.07. The lowest BCUT2D eigenvalue weighted by atomic mass is 10.1. The average molecular weight is 356 g/mol. The standard InChI is InChI=1S/C20H28N4O2/c1-15-19(16(2)23(4)21-15)13-20(25)22(3)14-17-5-7-18(8-6-17)24-9-11-26-12-10-24/h5-8H,9-14H2,1-4H3. The van der Waals surface area contributed by atoms with Gasteiger partial charge >= 0.3 is 0 Å². The van der Waals surface area contributed by atoms with Crippen molar-refractivity contribution in [2.24, 2.45) is 7.05 Å². The molecule has 6 nitrogen and oxygen atoms in total. The quantitative estimate of drug-likeness (QED) is 0.823. The largest absolute Gasteiger partial charge is 0.378 e. The van der Waals surface area contributed by atoms with Gasteiger partial charge in [0.1, 0.15) is 0 Å². The molecule has 140 valence electrons. The number of carbonyl (C=O) groups excluding carboxylic acids is 1. The number of aryl methyl sites for hydroxylation is 2. The third-order valence-corrected chi connectivity index (χ3v) is 5.14. The van der Waals surface area contributed by atoms with Crippen LogP contribution in [0.15, 0.2) is 24.3 Å². The van der Waals surface area contributed by atoms with Crippen LogP contribution in [0.5, 0.6) is 0 Å². The summed E-state index contributed by atoms with van der Waals surface area (Å²) in [5.41, 5.74) is 5.37. The van der Waals surface area contributed by atoms with E-state index in [1.807, 2.05) is 32.6 Å². The molecular formula is C20H28N4O2. The van der Waals surface area contributed by atoms with Gasteiger partial charge in [-0.25, -0.2) is 0 Å². The van der Waals surface area contributed by atoms with Crippen LogP contribution < -0.4 is 4.90 Å². The zero-order valence-corrected chi connectivity index (χ0v) is 16.2. The van der Waals surface area contributed by atoms with E-state index in [2.05, 4.69) is 34.3 Å². The van der Waals surface area contributed by atoms with Gasteiger partial charge in [0.15, 0.2) is 0 Å². The van der Waals surface area contributed by atoms with Crippen LogP contribution in [0.4, 0.5) is 5.69 Å². The summed E-state index contributed by atoms with van der Waals surface area (Å²) in [7, 11) is 3.77. The fourth-order valence-corrected chi connectivity index (χ4v) is 3.36. The van der Waals surface area contributed by atoms with Gasteiger partial charge in [-0.1, -0.05) is 12.1 Å². The number of nitrogens with zero attached hydrogens (tertiary/aromatic N) is 4. The first-order valence-electron chi connectivity index (χ1n) is 9.10. The zero-order chi connectivity index (χ0) is 18.7. The SMILES string of the molecule is Cc1nn(C)c(C)c1CC(=O)N(C)Cc1ccc(N2CCOCC2)cc1. The highest BCUT2D eigenvalue weighted by molar-refractivity contribution is 5.79. The number of rotatable bonds is 5. The third kappa shape index (κ3) is 4.07. The molecule has 0 spiro atoms. The third-order valence-electron chi connectivity index (χ3n) is 5.14. The smallest absolute Gasteiger partial charge is 0.227 e. The highest BCUT2D eigenvalue weighted by Crippen LogP contribution is 2.18. The summed E-state index contributed by atoms with van der Waals surface area (Å²) in [5, 5.41) is 4.39. The van der Waals surface area contributed by atoms with Crippen molar-refractivity contribution in [1.82, 2.24) is 14.7 Å². The lowest BCUT2D eigenvalue weighted by Crippen LogP contribution is -2.36. The minimum absolute atomic E-state index is 0.112. The highest BCUT2D eigenvalue weighted by atomic mass is 16.5. The van der Waals surface area contributed by atoms with Gasteiger partial charge in [0.05, 0.1) is 25.3 Å². The molecule has 3 rings (SSSR count). The van der Waals surface area contributed by atoms with Gasteiger partial charge in [0.25, 0.3) is 0 Å². The second-order valence-electron chi connectivity index (χ2n) is 6.97. The van der Waals surface area contributed by atoms with Gasteiger partial charge in [-0.3, -0.25) is 9.48 Å². The average Bonchev–Trinajstić information content (AvgIpc) is 2.89. The van der Waals surface area contributed by atoms with Crippen molar-refractivity contribution < 1.29 is 9.53 Å². The molecule has 0 aliphatic carbocycles. The molecule has 1 amide bonds. The summed E-state index contributed by atoms with van der Waals surface area (Å²) in [6, 6.07) is 8.48. The fraction of sp³-hybridized carbons (Fsp3) is 0.500. The Morgan fingerprint density at radius 1 is 1.19 bits per heavy atom. The highest BCUT2D eigenvalue weighted by Gasteiger charge is 2.17. The van der Waals surface area contributed by atoms with Crippen LogP contribution in [0, 0.1) is 13.8 Å². The summed E-state index contributed by atoms with van der Waals surface area (Å²) in [5.74, 6) is 0.112. The molecule has 1 fully saturated rings. The van der Waals surface area contributed by atoms with E-state index in [0.29, 0.717) is 13.0 Å². The van der Waals surface area contributed by atoms with Crippen LogP contribution in [0.3, 0.4) is 0 Å². The predicted molar refractivity (Wildman–Crippen MR) is 102 cm³/mol. The van der Waals surface area contributed by atoms with Crippen LogP contribution in [0.25, 0.3) is 0 Å². The van der Waals surface area contributed by atoms with Gasteiger partial charge in [-0.2, -0.15) is 5.10 Å². The van der Waals surface area contributed by atoms with E-state index in [1.54, 1.807) is 4.90 Å². The van der Waals surface area contributed by atoms with E-state index in [1.165, 1.54) is 5.69 Å². The molecule has 1 aromatic carbocycles. The number of anilines is 1. The number of hydrogen-bond donors (Lipinski definition) is 0. The van der Waals surface area contributed by atoms with Crippen molar-refractivity contribution in [3.05, 3.63) is 46.8 Å². The summed E-state index contributed by atoms with van der Waals surface area (Å²) >= 11 is 0. The Morgan fingerprint density at radius 3 is 2.42 bits per heavy atom. The molecule has 0 unspecified atom stereocenters. The molecule has 1 aliphatic rings. The normalized spacial score (nSPS) is 14.5. The monoisotopic (exact) mass is 356 g/mol. The van der Waals surface area contributed by atoms with Crippen molar-refractivity contribution in [2.75, 3.05) is 38.3 Å². The number of ether oxygens (including phenoxy) is 1. The summed E-state index contributed by atoms with van der Waals surface area (Å²) < 4.78 is 7.23. The van der Waals surface area contributed by atoms with Crippen molar-refractivity contribution >= 4 is 11.6 Å². The first-order valence-corrected chi connectivity index (χ1v) is 9.10. The second-order valence-corrected chi connectivity index (χ2v) is 6.97. The number of carbonyl (C=O) groups is 1. The lowest BCUT2D eigenvalue weighted by molar-refractivity contribution is -0.129. The van der Waals surface area contributed by atoms with Crippen LogP contribution in [0.2, 0.25) is 0 Å². The zero-order valence-electron chi connectivity index (χ0n) is 16.2. The molecule has 2 aromatic rings. The minimum Gasteiger partial charge on any atom is -0.378 e. The molecular weight excluding hydrogens is 328 g/mol. The molecule has 26 heavy (non-hydrogen) atoms. The number of benzene rings is 1. The molecule has 0 N–H and O–H groups in total. The minimum atomic E-state index is 0.112. The fourth-order valence-electron chi connectivity index (χ4n) is 3.36. The second kappa shape index (κ2) is 7.91. The summed E-state index contributed by atoms with van der Waals surface area (Å²) in [6.45, 7) is 8.01. The van der Waals surface area contributed by atoms with E-state index in [-0.39, 0.29) is 5.91 Å². The maximum atomic E-state index is 12.6. The lowest BCUT2D eigenvalue weighted by Gasteiger charge is -2.29. The number of aromatic nitrogens is 2. The van der Waals surface area contributed by atoms with Gasteiger partial charge in [0.2, 0.25) is 5.91 Å². The van der Waals surface area contributed by atoms with Crippen molar-refractivity contribution in [2.45, 2.75) is 26.8 Å². The van der Waals surface area contributed by atoms with E-state index in [4.69, 9.17) is 4.74 Å². The molecule has 1 aliphatic heterocycles. The number of likely N-dealkylation sites (N-methyl/N-ethyl adjacent to an activating group) is 1. The first kappa shape index (κ1) is 18.5. The van der Waals surface area contributed by atoms with Crippen molar-refractivity contribution in [3.8, 4) is 0 Å².